The lowest BCUT2D eigenvalue weighted by molar-refractivity contribution is -0.182. The molecule has 184 valence electrons. The second kappa shape index (κ2) is 12.7. The fraction of sp³-hybridized carbons (Fsp3) is 0.800. The third-order valence-corrected chi connectivity index (χ3v) is 5.37. The van der Waals surface area contributed by atoms with Crippen molar-refractivity contribution < 1.29 is 47.6 Å². The summed E-state index contributed by atoms with van der Waals surface area (Å²) in [4.78, 5) is 45.5. The third-order valence-electron chi connectivity index (χ3n) is 5.37. The molecule has 12 nitrogen and oxygen atoms in total. The van der Waals surface area contributed by atoms with Crippen molar-refractivity contribution in [1.82, 2.24) is 10.6 Å². The molecule has 4 atom stereocenters. The zero-order chi connectivity index (χ0) is 24.4. The first kappa shape index (κ1) is 27.8. The molecular weight excluding hydrogens is 428 g/mol. The van der Waals surface area contributed by atoms with E-state index in [1.165, 1.54) is 42.3 Å². The summed E-state index contributed by atoms with van der Waals surface area (Å²) in [6.07, 6.45) is 1.66. The number of carbonyl (C=O) groups is 4. The maximum absolute atomic E-state index is 11.7. The number of hydrogen-bond donors (Lipinski definition) is 2. The molecule has 2 rings (SSSR count). The highest BCUT2D eigenvalue weighted by Gasteiger charge is 2.56. The monoisotopic (exact) mass is 462 g/mol. The van der Waals surface area contributed by atoms with E-state index in [0.717, 1.165) is 0 Å². The SMILES string of the molecule is COCO[C@@H]1CC[C@@]1(NC(C)=O)C(=O)OC.COCO[C@H]1CC[C@]1(NC(C)=O)C(=O)OC. The molecule has 2 aliphatic rings. The molecule has 2 saturated carbocycles. The van der Waals surface area contributed by atoms with Gasteiger partial charge in [-0.25, -0.2) is 9.59 Å². The van der Waals surface area contributed by atoms with Gasteiger partial charge in [-0.05, 0) is 25.7 Å². The number of carbonyl (C=O) groups excluding carboxylic acids is 4. The Balaban J connectivity index is 0.000000320. The standard InChI is InChI=1S/2C10H17NO5/c2*1-7(12)11-10(9(13)15-3)5-4-8(10)16-6-14-2/h2*8H,4-6H2,1-3H3,(H,11,12)/t2*8-,10+/m10/s1. The molecule has 0 radical (unpaired) electrons. The van der Waals surface area contributed by atoms with Gasteiger partial charge in [0.1, 0.15) is 13.6 Å². The molecule has 0 aliphatic heterocycles. The molecular formula is C20H34N2O10. The predicted molar refractivity (Wildman–Crippen MR) is 109 cm³/mol. The van der Waals surface area contributed by atoms with Crippen LogP contribution in [0.4, 0.5) is 0 Å². The van der Waals surface area contributed by atoms with Crippen molar-refractivity contribution in [1.29, 1.82) is 0 Å². The van der Waals surface area contributed by atoms with E-state index in [1.54, 1.807) is 0 Å². The summed E-state index contributed by atoms with van der Waals surface area (Å²) in [5, 5.41) is 5.22. The first-order valence-corrected chi connectivity index (χ1v) is 10.1. The van der Waals surface area contributed by atoms with Crippen LogP contribution in [0, 0.1) is 0 Å². The van der Waals surface area contributed by atoms with Gasteiger partial charge in [0.25, 0.3) is 0 Å². The smallest absolute Gasteiger partial charge is 0.334 e. The fourth-order valence-electron chi connectivity index (χ4n) is 3.70. The Bertz CT molecular complexity index is 617. The van der Waals surface area contributed by atoms with Gasteiger partial charge in [0, 0.05) is 28.1 Å². The second-order valence-electron chi connectivity index (χ2n) is 7.49. The lowest BCUT2D eigenvalue weighted by atomic mass is 9.73. The summed E-state index contributed by atoms with van der Waals surface area (Å²) in [7, 11) is 5.57. The van der Waals surface area contributed by atoms with Crippen LogP contribution in [0.1, 0.15) is 39.5 Å². The summed E-state index contributed by atoms with van der Waals surface area (Å²) in [6.45, 7) is 2.89. The normalized spacial score (nSPS) is 28.1. The molecule has 2 N–H and O–H groups in total. The van der Waals surface area contributed by atoms with Crippen molar-refractivity contribution >= 4 is 23.8 Å². The van der Waals surface area contributed by atoms with Gasteiger partial charge < -0.3 is 39.1 Å². The first-order valence-electron chi connectivity index (χ1n) is 10.1. The van der Waals surface area contributed by atoms with Gasteiger partial charge in [-0.3, -0.25) is 9.59 Å². The average Bonchev–Trinajstić information content (AvgIpc) is 2.73. The van der Waals surface area contributed by atoms with Gasteiger partial charge in [0.15, 0.2) is 11.1 Å². The maximum atomic E-state index is 11.7. The average molecular weight is 462 g/mol. The van der Waals surface area contributed by atoms with Crippen molar-refractivity contribution in [2.45, 2.75) is 62.8 Å². The van der Waals surface area contributed by atoms with E-state index >= 15 is 0 Å². The van der Waals surface area contributed by atoms with Crippen molar-refractivity contribution in [3.63, 3.8) is 0 Å². The first-order chi connectivity index (χ1) is 15.1. The molecule has 0 bridgehead atoms. The van der Waals surface area contributed by atoms with E-state index in [9.17, 15) is 19.2 Å². The van der Waals surface area contributed by atoms with E-state index in [4.69, 9.17) is 28.4 Å². The quantitative estimate of drug-likeness (QED) is 0.325. The molecule has 0 aromatic carbocycles. The van der Waals surface area contributed by atoms with Crippen molar-refractivity contribution in [2.24, 2.45) is 0 Å². The van der Waals surface area contributed by atoms with Crippen LogP contribution in [-0.2, 0) is 47.6 Å². The molecule has 12 heteroatoms. The number of amides is 2. The van der Waals surface area contributed by atoms with Crippen molar-refractivity contribution in [2.75, 3.05) is 42.0 Å². The summed E-state index contributed by atoms with van der Waals surface area (Å²) in [5.74, 6) is -1.52. The number of hydrogen-bond acceptors (Lipinski definition) is 10. The number of rotatable bonds is 10. The summed E-state index contributed by atoms with van der Waals surface area (Å²) < 4.78 is 29.6. The van der Waals surface area contributed by atoms with Gasteiger partial charge in [0.05, 0.1) is 26.4 Å². The number of nitrogens with one attached hydrogen (secondary N) is 2. The highest BCUT2D eigenvalue weighted by atomic mass is 16.7. The molecule has 0 aromatic rings. The minimum atomic E-state index is -1.04. The minimum absolute atomic E-state index is 0.0863. The van der Waals surface area contributed by atoms with E-state index in [1.807, 2.05) is 0 Å². The molecule has 0 heterocycles. The largest absolute Gasteiger partial charge is 0.467 e. The zero-order valence-corrected chi connectivity index (χ0v) is 19.5. The van der Waals surface area contributed by atoms with Crippen molar-refractivity contribution in [3.05, 3.63) is 0 Å². The Hall–Kier alpha value is -2.28. The highest BCUT2D eigenvalue weighted by Crippen LogP contribution is 2.37. The Morgan fingerprint density at radius 3 is 1.25 bits per heavy atom. The number of esters is 2. The van der Waals surface area contributed by atoms with Crippen LogP contribution in [0.3, 0.4) is 0 Å². The predicted octanol–water partition coefficient (Wildman–Crippen LogP) is -0.366. The molecule has 0 unspecified atom stereocenters. The van der Waals surface area contributed by atoms with Gasteiger partial charge >= 0.3 is 11.9 Å². The van der Waals surface area contributed by atoms with Crippen LogP contribution in [0.15, 0.2) is 0 Å². The lowest BCUT2D eigenvalue weighted by Crippen LogP contribution is -2.68. The van der Waals surface area contributed by atoms with Crippen LogP contribution in [0.2, 0.25) is 0 Å². The molecule has 2 aliphatic carbocycles. The topological polar surface area (TPSA) is 148 Å². The Kier molecular flexibility index (Phi) is 11.0. The highest BCUT2D eigenvalue weighted by molar-refractivity contribution is 5.89. The fourth-order valence-corrected chi connectivity index (χ4v) is 3.70. The van der Waals surface area contributed by atoms with E-state index in [-0.39, 0.29) is 37.6 Å². The lowest BCUT2D eigenvalue weighted by Gasteiger charge is -2.46. The molecule has 2 fully saturated rings. The van der Waals surface area contributed by atoms with Crippen LogP contribution >= 0.6 is 0 Å². The van der Waals surface area contributed by atoms with Crippen molar-refractivity contribution in [3.8, 4) is 0 Å². The number of methoxy groups -OCH3 is 4. The van der Waals surface area contributed by atoms with Gasteiger partial charge in [-0.1, -0.05) is 0 Å². The molecule has 0 aromatic heterocycles. The molecule has 2 amide bonds. The van der Waals surface area contributed by atoms with Crippen LogP contribution in [0.5, 0.6) is 0 Å². The zero-order valence-electron chi connectivity index (χ0n) is 19.5. The minimum Gasteiger partial charge on any atom is -0.467 e. The van der Waals surface area contributed by atoms with Crippen LogP contribution in [0.25, 0.3) is 0 Å². The van der Waals surface area contributed by atoms with E-state index in [0.29, 0.717) is 25.7 Å². The molecule has 0 saturated heterocycles. The third kappa shape index (κ3) is 6.37. The van der Waals surface area contributed by atoms with E-state index < -0.39 is 23.0 Å². The summed E-state index contributed by atoms with van der Waals surface area (Å²) in [6, 6.07) is 0. The second-order valence-corrected chi connectivity index (χ2v) is 7.49. The summed E-state index contributed by atoms with van der Waals surface area (Å²) in [5.41, 5.74) is -2.09. The van der Waals surface area contributed by atoms with Crippen LogP contribution < -0.4 is 10.6 Å². The van der Waals surface area contributed by atoms with Gasteiger partial charge in [0.2, 0.25) is 11.8 Å². The number of ether oxygens (including phenoxy) is 6. The van der Waals surface area contributed by atoms with Gasteiger partial charge in [-0.15, -0.1) is 0 Å². The Morgan fingerprint density at radius 2 is 1.06 bits per heavy atom. The van der Waals surface area contributed by atoms with E-state index in [2.05, 4.69) is 10.6 Å². The Labute approximate surface area is 187 Å². The molecule has 0 spiro atoms. The van der Waals surface area contributed by atoms with Crippen LogP contribution in [-0.4, -0.2) is 89.1 Å². The summed E-state index contributed by atoms with van der Waals surface area (Å²) >= 11 is 0. The maximum Gasteiger partial charge on any atom is 0.334 e. The van der Waals surface area contributed by atoms with Gasteiger partial charge in [-0.2, -0.15) is 0 Å². The Morgan fingerprint density at radius 1 is 0.719 bits per heavy atom. The molecule has 32 heavy (non-hydrogen) atoms.